The Hall–Kier alpha value is -3.99. The van der Waals surface area contributed by atoms with Gasteiger partial charge in [0.15, 0.2) is 0 Å². The Morgan fingerprint density at radius 3 is 2.31 bits per heavy atom. The summed E-state index contributed by atoms with van der Waals surface area (Å²) in [5.74, 6) is 1.68. The number of likely N-dealkylation sites (tertiary alicyclic amines) is 1. The number of anilines is 1. The predicted molar refractivity (Wildman–Crippen MR) is 195 cm³/mol. The first-order valence-electron chi connectivity index (χ1n) is 18.3. The van der Waals surface area contributed by atoms with E-state index >= 15 is 0 Å². The van der Waals surface area contributed by atoms with Crippen molar-refractivity contribution in [2.24, 2.45) is 34.5 Å². The molecule has 0 bridgehead atoms. The molecule has 0 radical (unpaired) electrons. The summed E-state index contributed by atoms with van der Waals surface area (Å²) in [6, 6.07) is 7.01. The number of aromatic hydroxyl groups is 1. The maximum Gasteiger partial charge on any atom is 0.308 e. The zero-order valence-corrected chi connectivity index (χ0v) is 30.3. The average Bonchev–Trinajstić information content (AvgIpc) is 3.07. The van der Waals surface area contributed by atoms with Crippen molar-refractivity contribution in [3.8, 4) is 5.75 Å². The normalized spacial score (nSPS) is 24.8. The second-order valence-corrected chi connectivity index (χ2v) is 14.9. The molecule has 1 aromatic heterocycles. The minimum absolute atomic E-state index is 0.0359. The van der Waals surface area contributed by atoms with Gasteiger partial charge in [0.2, 0.25) is 0 Å². The molecule has 268 valence electrons. The van der Waals surface area contributed by atoms with Gasteiger partial charge in [0.05, 0.1) is 81.5 Å². The summed E-state index contributed by atoms with van der Waals surface area (Å²) < 4.78 is 6.14. The molecule has 1 aromatic carbocycles. The van der Waals surface area contributed by atoms with E-state index in [9.17, 15) is 9.90 Å². The Morgan fingerprint density at radius 2 is 1.71 bits per heavy atom. The van der Waals surface area contributed by atoms with Gasteiger partial charge in [0.1, 0.15) is 17.4 Å². The molecule has 2 unspecified atom stereocenters. The third kappa shape index (κ3) is 7.46. The number of phenols is 1. The number of hydrogen-bond acceptors (Lipinski definition) is 10. The number of carbonyl (C=O) groups is 1. The smallest absolute Gasteiger partial charge is 0.308 e. The number of hydrogen-bond donors (Lipinski definition) is 4. The summed E-state index contributed by atoms with van der Waals surface area (Å²) in [6.45, 7) is 16.8. The van der Waals surface area contributed by atoms with Gasteiger partial charge in [0, 0.05) is 29.8 Å². The first-order valence-corrected chi connectivity index (χ1v) is 18.3. The van der Waals surface area contributed by atoms with Crippen molar-refractivity contribution in [3.63, 3.8) is 0 Å². The molecule has 7 N–H and O–H groups in total. The summed E-state index contributed by atoms with van der Waals surface area (Å²) in [5, 5.41) is 10.3. The summed E-state index contributed by atoms with van der Waals surface area (Å²) in [7, 11) is 1.50. The number of benzene rings is 1. The van der Waals surface area contributed by atoms with Crippen molar-refractivity contribution in [2.45, 2.75) is 71.6 Å². The third-order valence-corrected chi connectivity index (χ3v) is 11.6. The van der Waals surface area contributed by atoms with E-state index in [0.29, 0.717) is 28.3 Å². The zero-order valence-electron chi connectivity index (χ0n) is 30.3. The number of nitrogens with zero attached hydrogens (tertiary/aromatic N) is 5. The summed E-state index contributed by atoms with van der Waals surface area (Å²) in [5.41, 5.74) is 21.8. The first-order chi connectivity index (χ1) is 23.5. The number of ether oxygens (including phenoxy) is 1. The van der Waals surface area contributed by atoms with Gasteiger partial charge in [-0.3, -0.25) is 4.79 Å². The van der Waals surface area contributed by atoms with E-state index in [0.717, 1.165) is 89.3 Å². The van der Waals surface area contributed by atoms with E-state index in [-0.39, 0.29) is 28.9 Å². The van der Waals surface area contributed by atoms with Gasteiger partial charge in [-0.05, 0) is 62.7 Å². The standard InChI is InChI=1S/C36H52N8O3.C2H6/c1-4-36(10-7-11-43(22-25(2)17-36)30(32(38)39)16-29(37)28-8-5-6-9-31(28)45)34-40-20-27(21-41-34)42-12-14-44(15-13-42)23-35(24-44)18-26(19-35)33(46)47-3;1-2/h5-6,8-9,16,20-21,25-26H,4,7,10-15,17-19,22-24,37-39H2,1-3H3;1-2H3/p+1/b29-16-;. The van der Waals surface area contributed by atoms with E-state index in [1.165, 1.54) is 24.7 Å². The third-order valence-electron chi connectivity index (χ3n) is 11.6. The van der Waals surface area contributed by atoms with Gasteiger partial charge in [0.25, 0.3) is 0 Å². The molecule has 4 aliphatic rings. The fourth-order valence-corrected chi connectivity index (χ4v) is 9.29. The van der Waals surface area contributed by atoms with Crippen LogP contribution in [0.3, 0.4) is 0 Å². The van der Waals surface area contributed by atoms with E-state index in [2.05, 4.69) is 23.6 Å². The van der Waals surface area contributed by atoms with E-state index in [4.69, 9.17) is 31.9 Å². The molecule has 2 spiro atoms. The van der Waals surface area contributed by atoms with Gasteiger partial charge in [-0.15, -0.1) is 0 Å². The van der Waals surface area contributed by atoms with Crippen LogP contribution >= 0.6 is 0 Å². The molecule has 4 heterocycles. The van der Waals surface area contributed by atoms with Crippen LogP contribution in [0, 0.1) is 17.3 Å². The summed E-state index contributed by atoms with van der Waals surface area (Å²) in [6.07, 6.45) is 11.7. The lowest BCUT2D eigenvalue weighted by molar-refractivity contribution is -0.987. The second kappa shape index (κ2) is 14.9. The SMILES string of the molecule is CC.CCC1(c2ncc(N3CC[N+]4(CC3)CC3(CC(C(=O)OC)C3)C4)cn2)CCCN(C(/C=C(\N)c2ccccc2O)=C(N)N)CC(C)C1. The van der Waals surface area contributed by atoms with Gasteiger partial charge in [-0.2, -0.15) is 0 Å². The lowest BCUT2D eigenvalue weighted by atomic mass is 9.56. The lowest BCUT2D eigenvalue weighted by Gasteiger charge is -2.64. The quantitative estimate of drug-likeness (QED) is 0.190. The van der Waals surface area contributed by atoms with Crippen LogP contribution < -0.4 is 22.1 Å². The number of piperazine rings is 1. The van der Waals surface area contributed by atoms with Crippen LogP contribution in [0.4, 0.5) is 5.69 Å². The van der Waals surface area contributed by atoms with Gasteiger partial charge < -0.3 is 41.3 Å². The summed E-state index contributed by atoms with van der Waals surface area (Å²) in [4.78, 5) is 26.6. The van der Waals surface area contributed by atoms with Crippen LogP contribution in [0.2, 0.25) is 0 Å². The largest absolute Gasteiger partial charge is 0.507 e. The molecule has 3 aliphatic heterocycles. The van der Waals surface area contributed by atoms with E-state index < -0.39 is 0 Å². The molecule has 11 nitrogen and oxygen atoms in total. The Balaban J connectivity index is 0.00000230. The lowest BCUT2D eigenvalue weighted by Crippen LogP contribution is -2.77. The van der Waals surface area contributed by atoms with Crippen LogP contribution in [-0.2, 0) is 14.9 Å². The molecule has 6 rings (SSSR count). The highest BCUT2D eigenvalue weighted by Crippen LogP contribution is 2.55. The number of para-hydroxylation sites is 1. The van der Waals surface area contributed by atoms with Gasteiger partial charge in [-0.25, -0.2) is 9.97 Å². The van der Waals surface area contributed by atoms with Crippen LogP contribution in [-0.4, -0.2) is 89.9 Å². The number of methoxy groups -OCH3 is 1. The maximum atomic E-state index is 11.9. The molecule has 1 aliphatic carbocycles. The minimum Gasteiger partial charge on any atom is -0.507 e. The second-order valence-electron chi connectivity index (χ2n) is 14.9. The monoisotopic (exact) mass is 675 g/mol. The van der Waals surface area contributed by atoms with Crippen LogP contribution in [0.5, 0.6) is 5.75 Å². The number of aromatic nitrogens is 2. The fourth-order valence-electron chi connectivity index (χ4n) is 9.29. The highest BCUT2D eigenvalue weighted by Gasteiger charge is 2.63. The molecule has 4 fully saturated rings. The Bertz CT molecular complexity index is 1500. The number of rotatable bonds is 7. The van der Waals surface area contributed by atoms with Crippen LogP contribution in [0.1, 0.15) is 77.6 Å². The number of phenolic OH excluding ortho intramolecular Hbond substituents is 1. The van der Waals surface area contributed by atoms with Gasteiger partial charge >= 0.3 is 5.97 Å². The maximum absolute atomic E-state index is 11.9. The highest BCUT2D eigenvalue weighted by atomic mass is 16.5. The number of quaternary nitrogens is 1. The number of esters is 1. The first kappa shape index (κ1) is 36.3. The zero-order chi connectivity index (χ0) is 35.4. The average molecular weight is 676 g/mol. The van der Waals surface area contributed by atoms with Crippen molar-refractivity contribution in [1.82, 2.24) is 14.9 Å². The van der Waals surface area contributed by atoms with Crippen molar-refractivity contribution in [1.29, 1.82) is 0 Å². The van der Waals surface area contributed by atoms with E-state index in [1.807, 2.05) is 32.3 Å². The molecule has 49 heavy (non-hydrogen) atoms. The highest BCUT2D eigenvalue weighted by molar-refractivity contribution is 5.73. The Morgan fingerprint density at radius 1 is 1.06 bits per heavy atom. The molecule has 0 amide bonds. The van der Waals surface area contributed by atoms with Crippen molar-refractivity contribution in [2.75, 3.05) is 64.4 Å². The molecule has 11 heteroatoms. The summed E-state index contributed by atoms with van der Waals surface area (Å²) >= 11 is 0. The molecule has 2 aromatic rings. The molecular formula is C38H59N8O3+. The topological polar surface area (TPSA) is 157 Å². The fraction of sp³-hybridized carbons (Fsp3) is 0.605. The van der Waals surface area contributed by atoms with Crippen molar-refractivity contribution >= 4 is 17.4 Å². The predicted octanol–water partition coefficient (Wildman–Crippen LogP) is 4.28. The number of nitrogens with two attached hydrogens (primary N) is 3. The molecule has 1 saturated carbocycles. The van der Waals surface area contributed by atoms with Crippen molar-refractivity contribution in [3.05, 3.63) is 65.6 Å². The Labute approximate surface area is 292 Å². The molecule has 3 saturated heterocycles. The molecule has 2 atom stereocenters. The Kier molecular flexibility index (Phi) is 11.0. The van der Waals surface area contributed by atoms with Crippen LogP contribution in [0.15, 0.2) is 54.3 Å². The van der Waals surface area contributed by atoms with Crippen molar-refractivity contribution < 1.29 is 19.1 Å². The van der Waals surface area contributed by atoms with Crippen LogP contribution in [0.25, 0.3) is 5.70 Å². The number of carbonyl (C=O) groups excluding carboxylic acids is 1. The van der Waals surface area contributed by atoms with E-state index in [1.54, 1.807) is 24.3 Å². The van der Waals surface area contributed by atoms with Gasteiger partial charge in [-0.1, -0.05) is 39.8 Å². The number of allylic oxidation sites excluding steroid dienone is 1. The molecular weight excluding hydrogens is 616 g/mol. The minimum atomic E-state index is -0.0964.